The van der Waals surface area contributed by atoms with E-state index in [1.165, 1.54) is 18.2 Å². The zero-order chi connectivity index (χ0) is 15.5. The molecule has 1 aliphatic carbocycles. The Balaban J connectivity index is 2.08. The molecule has 1 saturated carbocycles. The number of carboxylic acid groups (broad SMARTS) is 1. The number of nitrogens with one attached hydrogen (secondary N) is 1. The van der Waals surface area contributed by atoms with E-state index in [1.807, 2.05) is 0 Å². The third-order valence-corrected chi connectivity index (χ3v) is 5.16. The number of carboxylic acids is 1. The molecule has 2 atom stereocenters. The Morgan fingerprint density at radius 2 is 1.95 bits per heavy atom. The van der Waals surface area contributed by atoms with Gasteiger partial charge in [0.15, 0.2) is 0 Å². The molecular formula is C15H19NO4S. The van der Waals surface area contributed by atoms with E-state index in [2.05, 4.69) is 11.6 Å². The molecule has 21 heavy (non-hydrogen) atoms. The molecule has 0 amide bonds. The van der Waals surface area contributed by atoms with Crippen LogP contribution in [-0.2, 0) is 14.8 Å². The molecule has 6 heteroatoms. The first-order valence-corrected chi connectivity index (χ1v) is 8.38. The second kappa shape index (κ2) is 6.41. The van der Waals surface area contributed by atoms with Crippen molar-refractivity contribution < 1.29 is 18.3 Å². The molecule has 0 heterocycles. The van der Waals surface area contributed by atoms with Gasteiger partial charge in [0, 0.05) is 12.1 Å². The number of carbonyl (C=O) groups is 1. The molecule has 5 nitrogen and oxygen atoms in total. The summed E-state index contributed by atoms with van der Waals surface area (Å²) >= 11 is 0. The van der Waals surface area contributed by atoms with Gasteiger partial charge in [-0.25, -0.2) is 17.9 Å². The van der Waals surface area contributed by atoms with Crippen molar-refractivity contribution in [1.29, 1.82) is 0 Å². The van der Waals surface area contributed by atoms with E-state index in [4.69, 9.17) is 5.11 Å². The van der Waals surface area contributed by atoms with E-state index in [0.29, 0.717) is 11.5 Å². The van der Waals surface area contributed by atoms with Crippen molar-refractivity contribution >= 4 is 22.1 Å². The molecule has 1 aromatic rings. The van der Waals surface area contributed by atoms with E-state index in [1.54, 1.807) is 12.1 Å². The van der Waals surface area contributed by atoms with Gasteiger partial charge >= 0.3 is 5.97 Å². The van der Waals surface area contributed by atoms with E-state index in [9.17, 15) is 13.2 Å². The summed E-state index contributed by atoms with van der Waals surface area (Å²) in [5.74, 6) is -0.482. The largest absolute Gasteiger partial charge is 0.478 e. The summed E-state index contributed by atoms with van der Waals surface area (Å²) in [6.45, 7) is 2.12. The number of aliphatic carboxylic acids is 1. The average molecular weight is 309 g/mol. The summed E-state index contributed by atoms with van der Waals surface area (Å²) in [6.07, 6.45) is 5.23. The molecule has 0 aromatic heterocycles. The Labute approximate surface area is 124 Å². The number of rotatable bonds is 5. The first-order valence-electron chi connectivity index (χ1n) is 6.90. The molecule has 0 bridgehead atoms. The van der Waals surface area contributed by atoms with Crippen LogP contribution in [-0.4, -0.2) is 25.5 Å². The Kier molecular flexibility index (Phi) is 4.80. The molecule has 1 aliphatic rings. The molecular weight excluding hydrogens is 290 g/mol. The smallest absolute Gasteiger partial charge is 0.328 e. The number of benzene rings is 1. The lowest BCUT2D eigenvalue weighted by molar-refractivity contribution is -0.131. The Morgan fingerprint density at radius 3 is 2.48 bits per heavy atom. The number of hydrogen-bond acceptors (Lipinski definition) is 3. The van der Waals surface area contributed by atoms with Crippen molar-refractivity contribution in [2.24, 2.45) is 5.92 Å². The SMILES string of the molecule is CC1CCC(NS(=O)(=O)c2ccc(/C=C/C(=O)O)cc2)C1. The molecule has 1 aromatic carbocycles. The van der Waals surface area contributed by atoms with E-state index >= 15 is 0 Å². The Hall–Kier alpha value is -1.66. The van der Waals surface area contributed by atoms with Crippen molar-refractivity contribution in [3.05, 3.63) is 35.9 Å². The van der Waals surface area contributed by atoms with Crippen LogP contribution in [0.2, 0.25) is 0 Å². The minimum Gasteiger partial charge on any atom is -0.478 e. The van der Waals surface area contributed by atoms with Gasteiger partial charge in [0.1, 0.15) is 0 Å². The van der Waals surface area contributed by atoms with Crippen LogP contribution in [0.1, 0.15) is 31.7 Å². The zero-order valence-corrected chi connectivity index (χ0v) is 12.6. The summed E-state index contributed by atoms with van der Waals surface area (Å²) in [7, 11) is -3.51. The van der Waals surface area contributed by atoms with Crippen molar-refractivity contribution in [1.82, 2.24) is 4.72 Å². The molecule has 0 saturated heterocycles. The molecule has 2 rings (SSSR count). The lowest BCUT2D eigenvalue weighted by Gasteiger charge is -2.13. The molecule has 1 fully saturated rings. The quantitative estimate of drug-likeness (QED) is 0.817. The minimum atomic E-state index is -3.51. The van der Waals surface area contributed by atoms with Crippen LogP contribution in [0.25, 0.3) is 6.08 Å². The van der Waals surface area contributed by atoms with Gasteiger partial charge in [-0.2, -0.15) is 0 Å². The zero-order valence-electron chi connectivity index (χ0n) is 11.8. The monoisotopic (exact) mass is 309 g/mol. The van der Waals surface area contributed by atoms with Crippen molar-refractivity contribution in [2.75, 3.05) is 0 Å². The van der Waals surface area contributed by atoms with Crippen LogP contribution in [0.15, 0.2) is 35.2 Å². The van der Waals surface area contributed by atoms with Crippen LogP contribution < -0.4 is 4.72 Å². The van der Waals surface area contributed by atoms with Crippen LogP contribution in [0.4, 0.5) is 0 Å². The fourth-order valence-electron chi connectivity index (χ4n) is 2.53. The topological polar surface area (TPSA) is 83.5 Å². The predicted octanol–water partition coefficient (Wildman–Crippen LogP) is 2.25. The van der Waals surface area contributed by atoms with E-state index in [0.717, 1.165) is 25.3 Å². The van der Waals surface area contributed by atoms with Crippen molar-refractivity contribution in [3.63, 3.8) is 0 Å². The summed E-state index contributed by atoms with van der Waals surface area (Å²) in [4.78, 5) is 10.6. The second-order valence-corrected chi connectivity index (χ2v) is 7.19. The molecule has 0 aliphatic heterocycles. The first-order chi connectivity index (χ1) is 9.87. The summed E-state index contributed by atoms with van der Waals surface area (Å²) in [6, 6.07) is 6.16. The standard InChI is InChI=1S/C15H19NO4S/c1-11-2-6-13(10-11)16-21(19,20)14-7-3-12(4-8-14)5-9-15(17)18/h3-5,7-9,11,13,16H,2,6,10H2,1H3,(H,17,18)/b9-5+. The third-order valence-electron chi connectivity index (χ3n) is 3.63. The lowest BCUT2D eigenvalue weighted by atomic mass is 10.1. The Bertz CT molecular complexity index is 634. The van der Waals surface area contributed by atoms with E-state index < -0.39 is 16.0 Å². The van der Waals surface area contributed by atoms with Gasteiger partial charge in [0.05, 0.1) is 4.90 Å². The molecule has 0 spiro atoms. The van der Waals surface area contributed by atoms with Gasteiger partial charge in [0.2, 0.25) is 10.0 Å². The maximum absolute atomic E-state index is 12.2. The van der Waals surface area contributed by atoms with Crippen LogP contribution in [0, 0.1) is 5.92 Å². The van der Waals surface area contributed by atoms with Gasteiger partial charge in [-0.1, -0.05) is 19.1 Å². The summed E-state index contributed by atoms with van der Waals surface area (Å²) in [5.41, 5.74) is 0.644. The van der Waals surface area contributed by atoms with E-state index in [-0.39, 0.29) is 10.9 Å². The second-order valence-electron chi connectivity index (χ2n) is 5.48. The molecule has 2 N–H and O–H groups in total. The predicted molar refractivity (Wildman–Crippen MR) is 80.2 cm³/mol. The minimum absolute atomic E-state index is 0.0107. The summed E-state index contributed by atoms with van der Waals surface area (Å²) < 4.78 is 27.2. The van der Waals surface area contributed by atoms with Crippen molar-refractivity contribution in [3.8, 4) is 0 Å². The van der Waals surface area contributed by atoms with Crippen LogP contribution in [0.5, 0.6) is 0 Å². The molecule has 0 radical (unpaired) electrons. The third kappa shape index (κ3) is 4.41. The lowest BCUT2D eigenvalue weighted by Crippen LogP contribution is -2.32. The highest BCUT2D eigenvalue weighted by atomic mass is 32.2. The maximum Gasteiger partial charge on any atom is 0.328 e. The van der Waals surface area contributed by atoms with Crippen molar-refractivity contribution in [2.45, 2.75) is 37.1 Å². The van der Waals surface area contributed by atoms with Gasteiger partial charge < -0.3 is 5.11 Å². The Morgan fingerprint density at radius 1 is 1.29 bits per heavy atom. The van der Waals surface area contributed by atoms with Gasteiger partial charge in [0.25, 0.3) is 0 Å². The highest BCUT2D eigenvalue weighted by molar-refractivity contribution is 7.89. The maximum atomic E-state index is 12.2. The number of sulfonamides is 1. The fraction of sp³-hybridized carbons (Fsp3) is 0.400. The molecule has 2 unspecified atom stereocenters. The molecule has 114 valence electrons. The highest BCUT2D eigenvalue weighted by Crippen LogP contribution is 2.26. The number of hydrogen-bond donors (Lipinski definition) is 2. The van der Waals surface area contributed by atoms with Gasteiger partial charge in [-0.3, -0.25) is 0 Å². The van der Waals surface area contributed by atoms with Crippen LogP contribution >= 0.6 is 0 Å². The summed E-state index contributed by atoms with van der Waals surface area (Å²) in [5, 5.41) is 8.55. The van der Waals surface area contributed by atoms with Gasteiger partial charge in [-0.15, -0.1) is 0 Å². The van der Waals surface area contributed by atoms with Gasteiger partial charge in [-0.05, 0) is 49.0 Å². The fourth-order valence-corrected chi connectivity index (χ4v) is 3.81. The normalized spacial score (nSPS) is 22.7. The highest BCUT2D eigenvalue weighted by Gasteiger charge is 2.26. The average Bonchev–Trinajstić information content (AvgIpc) is 2.81. The van der Waals surface area contributed by atoms with Crippen LogP contribution in [0.3, 0.4) is 0 Å². The first kappa shape index (κ1) is 15.7.